The molecule has 2 aliphatic rings. The lowest BCUT2D eigenvalue weighted by atomic mass is 9.94. The highest BCUT2D eigenvalue weighted by atomic mass is 19.1. The summed E-state index contributed by atoms with van der Waals surface area (Å²) in [5.74, 6) is -0.424. The summed E-state index contributed by atoms with van der Waals surface area (Å²) in [5.41, 5.74) is 1.10. The number of ether oxygens (including phenoxy) is 1. The molecule has 3 atom stereocenters. The first kappa shape index (κ1) is 11.8. The Hall–Kier alpha value is -1.26. The smallest absolute Gasteiger partial charge is 0.168 e. The van der Waals surface area contributed by atoms with Crippen LogP contribution in [-0.4, -0.2) is 31.1 Å². The van der Waals surface area contributed by atoms with E-state index in [-0.39, 0.29) is 29.6 Å². The number of nitrogens with one attached hydrogen (secondary N) is 1. The van der Waals surface area contributed by atoms with Crippen molar-refractivity contribution in [2.45, 2.75) is 25.4 Å². The molecule has 0 bridgehead atoms. The molecule has 0 radical (unpaired) electrons. The highest BCUT2D eigenvalue weighted by Crippen LogP contribution is 2.31. The van der Waals surface area contributed by atoms with Gasteiger partial charge >= 0.3 is 0 Å². The van der Waals surface area contributed by atoms with Gasteiger partial charge in [-0.15, -0.1) is 0 Å². The number of fused-ring (bicyclic) bond motifs is 1. The molecule has 1 N–H and O–H groups in total. The topological polar surface area (TPSA) is 38.3 Å². The summed E-state index contributed by atoms with van der Waals surface area (Å²) in [6.45, 7) is 3.22. The summed E-state index contributed by atoms with van der Waals surface area (Å²) < 4.78 is 19.2. The highest BCUT2D eigenvalue weighted by Gasteiger charge is 2.39. The second-order valence-electron chi connectivity index (χ2n) is 5.15. The molecule has 0 spiro atoms. The largest absolute Gasteiger partial charge is 0.378 e. The van der Waals surface area contributed by atoms with Crippen LogP contribution in [0.25, 0.3) is 0 Å². The number of benzene rings is 1. The van der Waals surface area contributed by atoms with Crippen LogP contribution < -0.4 is 5.32 Å². The second kappa shape index (κ2) is 4.44. The first-order chi connectivity index (χ1) is 8.66. The Bertz CT molecular complexity index is 489. The van der Waals surface area contributed by atoms with Crippen LogP contribution in [0.3, 0.4) is 0 Å². The molecule has 1 saturated heterocycles. The summed E-state index contributed by atoms with van der Waals surface area (Å²) in [7, 11) is 0. The van der Waals surface area contributed by atoms with E-state index in [1.165, 1.54) is 6.07 Å². The van der Waals surface area contributed by atoms with Crippen molar-refractivity contribution in [1.82, 2.24) is 5.32 Å². The number of rotatable bonds is 1. The minimum atomic E-state index is -0.270. The van der Waals surface area contributed by atoms with E-state index in [0.29, 0.717) is 30.8 Å². The number of hydrogen-bond donors (Lipinski definition) is 1. The van der Waals surface area contributed by atoms with Crippen LogP contribution in [0, 0.1) is 11.7 Å². The van der Waals surface area contributed by atoms with Crippen LogP contribution in [0.5, 0.6) is 0 Å². The molecule has 1 fully saturated rings. The lowest BCUT2D eigenvalue weighted by Gasteiger charge is -2.32. The summed E-state index contributed by atoms with van der Waals surface area (Å²) in [5, 5.41) is 3.37. The van der Waals surface area contributed by atoms with E-state index in [1.807, 2.05) is 6.92 Å². The van der Waals surface area contributed by atoms with Crippen molar-refractivity contribution in [3.05, 3.63) is 35.1 Å². The van der Waals surface area contributed by atoms with Crippen molar-refractivity contribution in [3.63, 3.8) is 0 Å². The number of Topliss-reactive ketones (excluding diaryl/α,β-unsaturated/α-hetero) is 1. The molecule has 96 valence electrons. The van der Waals surface area contributed by atoms with Gasteiger partial charge in [0.2, 0.25) is 0 Å². The van der Waals surface area contributed by atoms with E-state index in [0.717, 1.165) is 0 Å². The minimum absolute atomic E-state index is 0.00644. The first-order valence-corrected chi connectivity index (χ1v) is 6.32. The normalized spacial score (nSPS) is 31.4. The van der Waals surface area contributed by atoms with Crippen LogP contribution in [0.2, 0.25) is 0 Å². The quantitative estimate of drug-likeness (QED) is 0.820. The Morgan fingerprint density at radius 1 is 1.39 bits per heavy atom. The second-order valence-corrected chi connectivity index (χ2v) is 5.15. The van der Waals surface area contributed by atoms with E-state index < -0.39 is 0 Å². The number of halogens is 1. The molecule has 0 amide bonds. The fraction of sp³-hybridized carbons (Fsp3) is 0.500. The third-order valence-corrected chi connectivity index (χ3v) is 3.79. The molecule has 0 saturated carbocycles. The van der Waals surface area contributed by atoms with Crippen LogP contribution in [0.4, 0.5) is 4.39 Å². The molecule has 0 aromatic heterocycles. The minimum Gasteiger partial charge on any atom is -0.378 e. The van der Waals surface area contributed by atoms with Crippen LogP contribution in [0.1, 0.15) is 22.8 Å². The number of carbonyl (C=O) groups excluding carboxylic acids is 1. The molecule has 4 heteroatoms. The maximum atomic E-state index is 13.7. The zero-order valence-corrected chi connectivity index (χ0v) is 10.3. The van der Waals surface area contributed by atoms with Gasteiger partial charge in [-0.3, -0.25) is 4.79 Å². The van der Waals surface area contributed by atoms with Gasteiger partial charge in [0.1, 0.15) is 5.82 Å². The van der Waals surface area contributed by atoms with Gasteiger partial charge in [-0.25, -0.2) is 4.39 Å². The molecule has 1 aliphatic heterocycles. The van der Waals surface area contributed by atoms with Crippen molar-refractivity contribution in [3.8, 4) is 0 Å². The van der Waals surface area contributed by atoms with Gasteiger partial charge in [0, 0.05) is 23.6 Å². The summed E-state index contributed by atoms with van der Waals surface area (Å²) >= 11 is 0. The third-order valence-electron chi connectivity index (χ3n) is 3.79. The fourth-order valence-corrected chi connectivity index (χ4v) is 2.90. The monoisotopic (exact) mass is 249 g/mol. The molecule has 1 aromatic carbocycles. The molecule has 3 rings (SSSR count). The Kier molecular flexibility index (Phi) is 2.92. The van der Waals surface area contributed by atoms with Gasteiger partial charge in [-0.1, -0.05) is 12.1 Å². The average Bonchev–Trinajstić information content (AvgIpc) is 2.69. The van der Waals surface area contributed by atoms with Gasteiger partial charge in [0.05, 0.1) is 13.2 Å². The Balaban J connectivity index is 1.86. The molecule has 3 nitrogen and oxygen atoms in total. The molecule has 1 aromatic rings. The molecular formula is C14H16FNO2. The van der Waals surface area contributed by atoms with Crippen molar-refractivity contribution in [2.24, 2.45) is 5.92 Å². The lowest BCUT2D eigenvalue weighted by Crippen LogP contribution is -2.52. The number of morpholine rings is 1. The van der Waals surface area contributed by atoms with E-state index in [2.05, 4.69) is 5.32 Å². The van der Waals surface area contributed by atoms with Gasteiger partial charge < -0.3 is 10.1 Å². The zero-order valence-electron chi connectivity index (χ0n) is 10.3. The van der Waals surface area contributed by atoms with Crippen molar-refractivity contribution in [2.75, 3.05) is 13.2 Å². The standard InChI is InChI=1S/C14H16FNO2/c1-8-6-18-7-13(16-8)11-5-10-9(14(11)17)3-2-4-12(10)15/h2-4,8,11,13,16H,5-7H2,1H3. The van der Waals surface area contributed by atoms with E-state index in [1.54, 1.807) is 12.1 Å². The number of hydrogen-bond acceptors (Lipinski definition) is 3. The molecular weight excluding hydrogens is 233 g/mol. The SMILES string of the molecule is CC1COCC(C2Cc3c(F)cccc3C2=O)N1. The zero-order chi connectivity index (χ0) is 12.7. The van der Waals surface area contributed by atoms with Crippen molar-refractivity contribution < 1.29 is 13.9 Å². The van der Waals surface area contributed by atoms with Gasteiger partial charge in [-0.2, -0.15) is 0 Å². The first-order valence-electron chi connectivity index (χ1n) is 6.32. The maximum absolute atomic E-state index is 13.7. The van der Waals surface area contributed by atoms with Gasteiger partial charge in [-0.05, 0) is 25.0 Å². The summed E-state index contributed by atoms with van der Waals surface area (Å²) in [4.78, 5) is 12.3. The van der Waals surface area contributed by atoms with Crippen LogP contribution in [0.15, 0.2) is 18.2 Å². The van der Waals surface area contributed by atoms with E-state index >= 15 is 0 Å². The number of carbonyl (C=O) groups is 1. The lowest BCUT2D eigenvalue weighted by molar-refractivity contribution is 0.0320. The van der Waals surface area contributed by atoms with Crippen molar-refractivity contribution >= 4 is 5.78 Å². The Morgan fingerprint density at radius 3 is 2.94 bits per heavy atom. The number of ketones is 1. The van der Waals surface area contributed by atoms with Gasteiger partial charge in [0.25, 0.3) is 0 Å². The predicted octanol–water partition coefficient (Wildman–Crippen LogP) is 1.56. The average molecular weight is 249 g/mol. The van der Waals surface area contributed by atoms with Crippen LogP contribution in [-0.2, 0) is 11.2 Å². The summed E-state index contributed by atoms with van der Waals surface area (Å²) in [6, 6.07) is 4.97. The molecule has 1 aliphatic carbocycles. The molecule has 18 heavy (non-hydrogen) atoms. The van der Waals surface area contributed by atoms with Crippen LogP contribution >= 0.6 is 0 Å². The van der Waals surface area contributed by atoms with Gasteiger partial charge in [0.15, 0.2) is 5.78 Å². The predicted molar refractivity (Wildman–Crippen MR) is 65.1 cm³/mol. The van der Waals surface area contributed by atoms with E-state index in [9.17, 15) is 9.18 Å². The summed E-state index contributed by atoms with van der Waals surface area (Å²) in [6.07, 6.45) is 0.481. The molecule has 3 unspecified atom stereocenters. The Labute approximate surface area is 105 Å². The molecule has 1 heterocycles. The Morgan fingerprint density at radius 2 is 2.22 bits per heavy atom. The third kappa shape index (κ3) is 1.85. The van der Waals surface area contributed by atoms with Crippen molar-refractivity contribution in [1.29, 1.82) is 0 Å². The fourth-order valence-electron chi connectivity index (χ4n) is 2.90. The maximum Gasteiger partial charge on any atom is 0.168 e. The highest BCUT2D eigenvalue weighted by molar-refractivity contribution is 6.02. The van der Waals surface area contributed by atoms with E-state index in [4.69, 9.17) is 4.74 Å².